The summed E-state index contributed by atoms with van der Waals surface area (Å²) >= 11 is 0. The number of aliphatic hydroxyl groups excluding tert-OH is 1. The van der Waals surface area contributed by atoms with Crippen LogP contribution in [0.2, 0.25) is 0 Å². The lowest BCUT2D eigenvalue weighted by molar-refractivity contribution is -0.201. The van der Waals surface area contributed by atoms with Crippen LogP contribution in [0.5, 0.6) is 0 Å². The van der Waals surface area contributed by atoms with Gasteiger partial charge in [0, 0.05) is 11.3 Å². The molecule has 3 N–H and O–H groups in total. The first kappa shape index (κ1) is 22.9. The lowest BCUT2D eigenvalue weighted by Gasteiger charge is -2.59. The third-order valence-electron chi connectivity index (χ3n) is 13.0. The number of epoxide rings is 1. The molecule has 0 unspecified atom stereocenters. The molecule has 4 saturated carbocycles. The maximum absolute atomic E-state index is 13.3. The highest BCUT2D eigenvalue weighted by Gasteiger charge is 2.81. The second kappa shape index (κ2) is 6.23. The van der Waals surface area contributed by atoms with E-state index in [0.717, 1.165) is 25.7 Å². The molecule has 2 aliphatic heterocycles. The Morgan fingerprint density at radius 2 is 1.69 bits per heavy atom. The van der Waals surface area contributed by atoms with E-state index in [1.165, 1.54) is 0 Å². The molecule has 7 nitrogen and oxygen atoms in total. The van der Waals surface area contributed by atoms with Gasteiger partial charge < -0.3 is 24.8 Å². The van der Waals surface area contributed by atoms with Gasteiger partial charge in [0.25, 0.3) is 0 Å². The minimum Gasteiger partial charge on any atom is -0.460 e. The SMILES string of the molecule is C[C@@]12C[C@@H](OC(=O)[C@]1(C)O)[C@@H]([C@@]1(O)CC[C@H]3[C@@H]4C[C@H]5O[C@]56[C@@H](O)C=CC(=O)[C@]6(C)[C@H]4CC[C@@]31C)C2. The molecule has 0 aromatic heterocycles. The van der Waals surface area contributed by atoms with E-state index >= 15 is 0 Å². The van der Waals surface area contributed by atoms with Crippen LogP contribution in [0.4, 0.5) is 0 Å². The summed E-state index contributed by atoms with van der Waals surface area (Å²) in [5.41, 5.74) is -5.08. The van der Waals surface area contributed by atoms with Crippen LogP contribution in [-0.4, -0.2) is 62.2 Å². The van der Waals surface area contributed by atoms with Crippen molar-refractivity contribution in [3.63, 3.8) is 0 Å². The number of carbonyl (C=O) groups is 2. The van der Waals surface area contributed by atoms with E-state index in [1.807, 2.05) is 13.8 Å². The maximum Gasteiger partial charge on any atom is 0.338 e. The first-order valence-corrected chi connectivity index (χ1v) is 13.5. The summed E-state index contributed by atoms with van der Waals surface area (Å²) < 4.78 is 12.0. The van der Waals surface area contributed by atoms with Crippen molar-refractivity contribution in [2.24, 2.45) is 39.9 Å². The Morgan fingerprint density at radius 1 is 0.971 bits per heavy atom. The average molecular weight is 487 g/mol. The number of allylic oxidation sites excluding steroid dienone is 1. The van der Waals surface area contributed by atoms with Crippen molar-refractivity contribution in [3.8, 4) is 0 Å². The minimum absolute atomic E-state index is 0.0588. The van der Waals surface area contributed by atoms with Crippen molar-refractivity contribution in [1.29, 1.82) is 0 Å². The van der Waals surface area contributed by atoms with Gasteiger partial charge in [-0.25, -0.2) is 4.79 Å². The Kier molecular flexibility index (Phi) is 4.07. The fourth-order valence-corrected chi connectivity index (χ4v) is 10.6. The predicted molar refractivity (Wildman–Crippen MR) is 124 cm³/mol. The highest BCUT2D eigenvalue weighted by molar-refractivity contribution is 5.98. The number of fused-ring (bicyclic) bond motifs is 6. The van der Waals surface area contributed by atoms with Gasteiger partial charge in [-0.05, 0) is 94.1 Å². The number of aliphatic hydroxyl groups is 3. The monoisotopic (exact) mass is 486 g/mol. The van der Waals surface area contributed by atoms with Crippen LogP contribution in [0.3, 0.4) is 0 Å². The van der Waals surface area contributed by atoms with Crippen LogP contribution < -0.4 is 0 Å². The van der Waals surface area contributed by atoms with Crippen molar-refractivity contribution < 1.29 is 34.4 Å². The highest BCUT2D eigenvalue weighted by atomic mass is 16.6. The largest absolute Gasteiger partial charge is 0.460 e. The first-order chi connectivity index (χ1) is 16.3. The van der Waals surface area contributed by atoms with Crippen molar-refractivity contribution in [1.82, 2.24) is 0 Å². The average Bonchev–Trinajstić information content (AvgIpc) is 3.35. The molecule has 2 bridgehead atoms. The van der Waals surface area contributed by atoms with E-state index < -0.39 is 39.7 Å². The lowest BCUT2D eigenvalue weighted by atomic mass is 9.44. The van der Waals surface area contributed by atoms with E-state index in [4.69, 9.17) is 9.47 Å². The predicted octanol–water partition coefficient (Wildman–Crippen LogP) is 2.30. The Labute approximate surface area is 206 Å². The van der Waals surface area contributed by atoms with Gasteiger partial charge in [-0.15, -0.1) is 0 Å². The molecule has 0 aromatic carbocycles. The van der Waals surface area contributed by atoms with Gasteiger partial charge in [-0.1, -0.05) is 13.8 Å². The second-order valence-corrected chi connectivity index (χ2v) is 13.9. The molecule has 13 atom stereocenters. The molecule has 35 heavy (non-hydrogen) atoms. The van der Waals surface area contributed by atoms with Crippen molar-refractivity contribution in [2.45, 2.75) is 108 Å². The van der Waals surface area contributed by atoms with Crippen LogP contribution in [0.15, 0.2) is 12.2 Å². The van der Waals surface area contributed by atoms with Crippen molar-refractivity contribution >= 4 is 11.8 Å². The Bertz CT molecular complexity index is 1070. The quantitative estimate of drug-likeness (QED) is 0.385. The van der Waals surface area contributed by atoms with Crippen LogP contribution >= 0.6 is 0 Å². The molecule has 7 aliphatic rings. The number of hydrogen-bond donors (Lipinski definition) is 3. The third kappa shape index (κ3) is 2.23. The Hall–Kier alpha value is -1.28. The molecule has 5 aliphatic carbocycles. The van der Waals surface area contributed by atoms with Crippen LogP contribution in [0.1, 0.15) is 72.6 Å². The maximum atomic E-state index is 13.3. The van der Waals surface area contributed by atoms with Crippen molar-refractivity contribution in [2.75, 3.05) is 0 Å². The first-order valence-electron chi connectivity index (χ1n) is 13.5. The molecule has 0 radical (unpaired) electrons. The number of ether oxygens (including phenoxy) is 2. The molecular weight excluding hydrogens is 448 g/mol. The van der Waals surface area contributed by atoms with Gasteiger partial charge in [0.05, 0.1) is 17.1 Å². The normalized spacial score (nSPS) is 64.1. The van der Waals surface area contributed by atoms with Crippen molar-refractivity contribution in [3.05, 3.63) is 12.2 Å². The molecule has 2 heterocycles. The number of ketones is 1. The Morgan fingerprint density at radius 3 is 2.43 bits per heavy atom. The summed E-state index contributed by atoms with van der Waals surface area (Å²) in [6.45, 7) is 7.72. The summed E-state index contributed by atoms with van der Waals surface area (Å²) in [7, 11) is 0. The summed E-state index contributed by atoms with van der Waals surface area (Å²) in [6.07, 6.45) is 6.90. The van der Waals surface area contributed by atoms with Gasteiger partial charge in [-0.3, -0.25) is 4.79 Å². The second-order valence-electron chi connectivity index (χ2n) is 13.9. The van der Waals surface area contributed by atoms with Crippen LogP contribution in [0, 0.1) is 39.9 Å². The summed E-state index contributed by atoms with van der Waals surface area (Å²) in [6, 6.07) is 0. The summed E-state index contributed by atoms with van der Waals surface area (Å²) in [5, 5.41) is 34.3. The van der Waals surface area contributed by atoms with E-state index in [0.29, 0.717) is 19.3 Å². The van der Waals surface area contributed by atoms with Gasteiger partial charge in [-0.2, -0.15) is 0 Å². The summed E-state index contributed by atoms with van der Waals surface area (Å²) in [4.78, 5) is 26.0. The van der Waals surface area contributed by atoms with Gasteiger partial charge >= 0.3 is 5.97 Å². The molecule has 7 rings (SSSR count). The molecule has 6 fully saturated rings. The lowest BCUT2D eigenvalue weighted by Crippen LogP contribution is -2.65. The topological polar surface area (TPSA) is 117 Å². The molecule has 0 amide bonds. The van der Waals surface area contributed by atoms with Gasteiger partial charge in [0.1, 0.15) is 17.8 Å². The molecule has 0 aromatic rings. The molecule has 2 saturated heterocycles. The van der Waals surface area contributed by atoms with Gasteiger partial charge in [0.15, 0.2) is 11.4 Å². The smallest absolute Gasteiger partial charge is 0.338 e. The number of rotatable bonds is 1. The molecular formula is C28H38O7. The van der Waals surface area contributed by atoms with E-state index in [1.54, 1.807) is 19.1 Å². The Balaban J connectivity index is 1.24. The van der Waals surface area contributed by atoms with E-state index in [-0.39, 0.29) is 47.1 Å². The minimum atomic E-state index is -1.55. The highest BCUT2D eigenvalue weighted by Crippen LogP contribution is 2.74. The van der Waals surface area contributed by atoms with Crippen LogP contribution in [-0.2, 0) is 19.1 Å². The zero-order chi connectivity index (χ0) is 25.0. The molecule has 1 spiro atoms. The zero-order valence-electron chi connectivity index (χ0n) is 21.1. The molecule has 192 valence electrons. The fourth-order valence-electron chi connectivity index (χ4n) is 10.6. The van der Waals surface area contributed by atoms with E-state index in [9.17, 15) is 24.9 Å². The summed E-state index contributed by atoms with van der Waals surface area (Å²) in [5.74, 6) is -0.163. The number of esters is 1. The van der Waals surface area contributed by atoms with Gasteiger partial charge in [0.2, 0.25) is 0 Å². The fraction of sp³-hybridized carbons (Fsp3) is 0.857. The molecule has 7 heteroatoms. The number of hydrogen-bond acceptors (Lipinski definition) is 7. The van der Waals surface area contributed by atoms with Crippen LogP contribution in [0.25, 0.3) is 0 Å². The number of carbonyl (C=O) groups excluding carboxylic acids is 2. The third-order valence-corrected chi connectivity index (χ3v) is 13.0. The zero-order valence-corrected chi connectivity index (χ0v) is 21.1. The standard InChI is InChI=1S/C28H38O7/c1-23-12-17(18(13-23)34-22(31)26(23,4)32)27(33)10-8-15-14-11-21-28(35-21)20(30)6-5-19(29)25(28,3)16(14)7-9-24(15,27)2/h5-6,14-18,20-21,30,32-33H,7-13H2,1-4H3/t14-,15-,16-,17-,18+,20-,21+,23+,24-,25-,26-,27-,28+/m0/s1. The van der Waals surface area contributed by atoms with E-state index in [2.05, 4.69) is 6.92 Å².